The van der Waals surface area contributed by atoms with Gasteiger partial charge in [-0.1, -0.05) is 33.7 Å². The van der Waals surface area contributed by atoms with Crippen LogP contribution < -0.4 is 10.6 Å². The van der Waals surface area contributed by atoms with E-state index in [1.165, 1.54) is 21.6 Å². The zero-order valence-electron chi connectivity index (χ0n) is 10.1. The van der Waals surface area contributed by atoms with Crippen molar-refractivity contribution >= 4 is 40.1 Å². The summed E-state index contributed by atoms with van der Waals surface area (Å²) in [6.45, 7) is 3.77. The van der Waals surface area contributed by atoms with Crippen molar-refractivity contribution in [2.75, 3.05) is 5.32 Å². The average Bonchev–Trinajstić information content (AvgIpc) is 2.38. The smallest absolute Gasteiger partial charge is 0.211 e. The van der Waals surface area contributed by atoms with E-state index in [1.807, 2.05) is 38.1 Å². The van der Waals surface area contributed by atoms with E-state index in [9.17, 15) is 9.59 Å². The van der Waals surface area contributed by atoms with Crippen LogP contribution in [-0.4, -0.2) is 12.8 Å². The third kappa shape index (κ3) is 4.46. The van der Waals surface area contributed by atoms with Crippen LogP contribution in [0.25, 0.3) is 0 Å². The first-order valence-electron chi connectivity index (χ1n) is 5.20. The SMILES string of the molecule is C/C(NC=O)=C(\C)SSc1ccccc1NC=O. The van der Waals surface area contributed by atoms with Gasteiger partial charge in [0.2, 0.25) is 12.8 Å². The Morgan fingerprint density at radius 3 is 2.56 bits per heavy atom. The molecule has 0 spiro atoms. The van der Waals surface area contributed by atoms with Gasteiger partial charge < -0.3 is 10.6 Å². The number of hydrogen-bond donors (Lipinski definition) is 2. The molecule has 0 unspecified atom stereocenters. The molecule has 6 heteroatoms. The summed E-state index contributed by atoms with van der Waals surface area (Å²) in [7, 11) is 3.07. The molecule has 2 N–H and O–H groups in total. The van der Waals surface area contributed by atoms with E-state index >= 15 is 0 Å². The van der Waals surface area contributed by atoms with Crippen LogP contribution >= 0.6 is 21.6 Å². The fourth-order valence-corrected chi connectivity index (χ4v) is 3.29. The van der Waals surface area contributed by atoms with Crippen molar-refractivity contribution in [2.24, 2.45) is 0 Å². The summed E-state index contributed by atoms with van der Waals surface area (Å²) in [6, 6.07) is 7.54. The van der Waals surface area contributed by atoms with Crippen molar-refractivity contribution in [3.8, 4) is 0 Å². The first-order valence-corrected chi connectivity index (χ1v) is 7.35. The van der Waals surface area contributed by atoms with Crippen molar-refractivity contribution in [1.29, 1.82) is 0 Å². The number of allylic oxidation sites excluding steroid dienone is 2. The van der Waals surface area contributed by atoms with Gasteiger partial charge >= 0.3 is 0 Å². The van der Waals surface area contributed by atoms with Gasteiger partial charge in [-0.05, 0) is 26.0 Å². The lowest BCUT2D eigenvalue weighted by Gasteiger charge is -2.08. The van der Waals surface area contributed by atoms with Crippen LogP contribution in [0.4, 0.5) is 5.69 Å². The van der Waals surface area contributed by atoms with E-state index in [1.54, 1.807) is 0 Å². The summed E-state index contributed by atoms with van der Waals surface area (Å²) in [5.74, 6) is 0. The lowest BCUT2D eigenvalue weighted by atomic mass is 10.3. The monoisotopic (exact) mass is 282 g/mol. The fourth-order valence-electron chi connectivity index (χ4n) is 1.08. The Kier molecular flexibility index (Phi) is 6.38. The van der Waals surface area contributed by atoms with E-state index in [4.69, 9.17) is 0 Å². The standard InChI is InChI=1S/C12H14N2O2S2/c1-9(13-7-15)10(2)17-18-12-6-4-3-5-11(12)14-8-16/h3-8H,1-2H3,(H,13,15)(H,14,16)/b10-9-. The molecule has 18 heavy (non-hydrogen) atoms. The maximum absolute atomic E-state index is 10.5. The van der Waals surface area contributed by atoms with Gasteiger partial charge in [0.25, 0.3) is 0 Å². The second-order valence-electron chi connectivity index (χ2n) is 3.37. The van der Waals surface area contributed by atoms with Crippen molar-refractivity contribution in [3.63, 3.8) is 0 Å². The second kappa shape index (κ2) is 7.84. The van der Waals surface area contributed by atoms with Gasteiger partial charge in [0.1, 0.15) is 0 Å². The van der Waals surface area contributed by atoms with Crippen LogP contribution in [0.3, 0.4) is 0 Å². The Bertz CT molecular complexity index is 461. The summed E-state index contributed by atoms with van der Waals surface area (Å²) in [5, 5.41) is 5.27. The predicted octanol–water partition coefficient (Wildman–Crippen LogP) is 2.99. The highest BCUT2D eigenvalue weighted by atomic mass is 33.1. The molecule has 0 bridgehead atoms. The zero-order valence-corrected chi connectivity index (χ0v) is 11.7. The van der Waals surface area contributed by atoms with E-state index in [2.05, 4.69) is 10.6 Å². The quantitative estimate of drug-likeness (QED) is 0.596. The largest absolute Gasteiger partial charge is 0.332 e. The number of benzene rings is 1. The first-order chi connectivity index (χ1) is 8.69. The van der Waals surface area contributed by atoms with Crippen LogP contribution in [0.5, 0.6) is 0 Å². The summed E-state index contributed by atoms with van der Waals surface area (Å²) >= 11 is 0. The highest BCUT2D eigenvalue weighted by molar-refractivity contribution is 8.78. The van der Waals surface area contributed by atoms with Crippen LogP contribution in [0.15, 0.2) is 39.8 Å². The predicted molar refractivity (Wildman–Crippen MR) is 77.2 cm³/mol. The van der Waals surface area contributed by atoms with Gasteiger partial charge in [-0.15, -0.1) is 0 Å². The normalized spacial score (nSPS) is 11.4. The van der Waals surface area contributed by atoms with Crippen molar-refractivity contribution < 1.29 is 9.59 Å². The molecule has 0 radical (unpaired) electrons. The van der Waals surface area contributed by atoms with Crippen molar-refractivity contribution in [2.45, 2.75) is 18.7 Å². The second-order valence-corrected chi connectivity index (χ2v) is 5.75. The summed E-state index contributed by atoms with van der Waals surface area (Å²) in [5.41, 5.74) is 1.60. The Morgan fingerprint density at radius 1 is 1.17 bits per heavy atom. The molecular formula is C12H14N2O2S2. The first kappa shape index (κ1) is 14.7. The molecule has 0 fully saturated rings. The van der Waals surface area contributed by atoms with E-state index in [0.717, 1.165) is 21.2 Å². The number of hydrogen-bond acceptors (Lipinski definition) is 4. The molecule has 1 aromatic carbocycles. The third-order valence-electron chi connectivity index (χ3n) is 2.16. The molecule has 0 atom stereocenters. The van der Waals surface area contributed by atoms with E-state index < -0.39 is 0 Å². The maximum atomic E-state index is 10.5. The van der Waals surface area contributed by atoms with Crippen LogP contribution in [0.1, 0.15) is 13.8 Å². The van der Waals surface area contributed by atoms with Gasteiger partial charge in [-0.2, -0.15) is 0 Å². The highest BCUT2D eigenvalue weighted by Crippen LogP contribution is 2.40. The topological polar surface area (TPSA) is 58.2 Å². The Morgan fingerprint density at radius 2 is 1.89 bits per heavy atom. The number of nitrogens with one attached hydrogen (secondary N) is 2. The molecule has 0 aliphatic carbocycles. The molecule has 2 amide bonds. The molecule has 0 heterocycles. The minimum absolute atomic E-state index is 0.659. The lowest BCUT2D eigenvalue weighted by Crippen LogP contribution is -2.07. The minimum atomic E-state index is 0.659. The molecule has 0 saturated heterocycles. The zero-order chi connectivity index (χ0) is 13.4. The van der Waals surface area contributed by atoms with E-state index in [0.29, 0.717) is 12.8 Å². The van der Waals surface area contributed by atoms with E-state index in [-0.39, 0.29) is 0 Å². The number of rotatable bonds is 7. The average molecular weight is 282 g/mol. The van der Waals surface area contributed by atoms with Gasteiger partial charge in [0.05, 0.1) is 5.69 Å². The summed E-state index contributed by atoms with van der Waals surface area (Å²) in [6.07, 6.45) is 1.32. The molecule has 0 aliphatic heterocycles. The van der Waals surface area contributed by atoms with Crippen LogP contribution in [-0.2, 0) is 9.59 Å². The van der Waals surface area contributed by atoms with Crippen molar-refractivity contribution in [1.82, 2.24) is 5.32 Å². The van der Waals surface area contributed by atoms with Gasteiger partial charge in [0, 0.05) is 15.5 Å². The van der Waals surface area contributed by atoms with Gasteiger partial charge in [-0.25, -0.2) is 0 Å². The number of carbonyl (C=O) groups excluding carboxylic acids is 2. The number of para-hydroxylation sites is 1. The van der Waals surface area contributed by atoms with Crippen LogP contribution in [0, 0.1) is 0 Å². The van der Waals surface area contributed by atoms with Crippen LogP contribution in [0.2, 0.25) is 0 Å². The Labute approximate surface area is 114 Å². The Balaban J connectivity index is 2.71. The molecule has 0 aliphatic rings. The number of anilines is 1. The third-order valence-corrected chi connectivity index (χ3v) is 4.88. The molecule has 4 nitrogen and oxygen atoms in total. The summed E-state index contributed by atoms with van der Waals surface area (Å²) in [4.78, 5) is 22.8. The van der Waals surface area contributed by atoms with Gasteiger partial charge in [-0.3, -0.25) is 9.59 Å². The fraction of sp³-hybridized carbons (Fsp3) is 0.167. The number of amides is 2. The molecule has 0 aromatic heterocycles. The molecule has 1 rings (SSSR count). The highest BCUT2D eigenvalue weighted by Gasteiger charge is 2.04. The molecular weight excluding hydrogens is 268 g/mol. The van der Waals surface area contributed by atoms with Crippen molar-refractivity contribution in [3.05, 3.63) is 34.9 Å². The number of carbonyl (C=O) groups is 2. The maximum Gasteiger partial charge on any atom is 0.211 e. The summed E-state index contributed by atoms with van der Waals surface area (Å²) < 4.78 is 0. The molecule has 96 valence electrons. The Hall–Kier alpha value is -1.40. The molecule has 0 saturated carbocycles. The van der Waals surface area contributed by atoms with Gasteiger partial charge in [0.15, 0.2) is 0 Å². The minimum Gasteiger partial charge on any atom is -0.332 e. The lowest BCUT2D eigenvalue weighted by molar-refractivity contribution is -0.109. The molecule has 1 aromatic rings.